The van der Waals surface area contributed by atoms with Crippen LogP contribution in [0.15, 0.2) is 64.8 Å². The van der Waals surface area contributed by atoms with Crippen molar-refractivity contribution >= 4 is 11.4 Å². The van der Waals surface area contributed by atoms with Crippen molar-refractivity contribution in [3.8, 4) is 0 Å². The van der Waals surface area contributed by atoms with E-state index in [1.165, 1.54) is 12.1 Å². The maximum Gasteiger partial charge on any atom is 0.416 e. The predicted molar refractivity (Wildman–Crippen MR) is 82.3 cm³/mol. The molecule has 22 heavy (non-hydrogen) atoms. The lowest BCUT2D eigenvalue weighted by atomic mass is 10.1. The van der Waals surface area contributed by atoms with Gasteiger partial charge in [-0.1, -0.05) is 42.5 Å². The number of halogens is 3. The SMILES string of the molecule is C/C(=N\N=C(/C)c1ccc(C(F)(F)F)cc1)c1ccccc1. The minimum atomic E-state index is -4.33. The van der Waals surface area contributed by atoms with E-state index in [0.29, 0.717) is 11.3 Å². The van der Waals surface area contributed by atoms with Crippen LogP contribution in [0.2, 0.25) is 0 Å². The molecule has 0 aliphatic carbocycles. The van der Waals surface area contributed by atoms with Crippen molar-refractivity contribution < 1.29 is 13.2 Å². The minimum absolute atomic E-state index is 0.559. The quantitative estimate of drug-likeness (QED) is 0.567. The highest BCUT2D eigenvalue weighted by molar-refractivity contribution is 6.01. The molecule has 2 rings (SSSR count). The molecule has 0 amide bonds. The third-order valence-electron chi connectivity index (χ3n) is 3.17. The smallest absolute Gasteiger partial charge is 0.166 e. The summed E-state index contributed by atoms with van der Waals surface area (Å²) in [6.07, 6.45) is -4.33. The molecule has 2 aromatic carbocycles. The largest absolute Gasteiger partial charge is 0.416 e. The number of nitrogens with zero attached hydrogens (tertiary/aromatic N) is 2. The van der Waals surface area contributed by atoms with Crippen molar-refractivity contribution in [1.82, 2.24) is 0 Å². The van der Waals surface area contributed by atoms with Gasteiger partial charge in [-0.2, -0.15) is 23.4 Å². The molecular formula is C17H15F3N2. The Morgan fingerprint density at radius 2 is 1.18 bits per heavy atom. The molecule has 0 aliphatic rings. The summed E-state index contributed by atoms with van der Waals surface area (Å²) in [4.78, 5) is 0. The van der Waals surface area contributed by atoms with E-state index in [2.05, 4.69) is 10.2 Å². The highest BCUT2D eigenvalue weighted by atomic mass is 19.4. The maximum absolute atomic E-state index is 12.5. The van der Waals surface area contributed by atoms with Crippen LogP contribution in [-0.2, 0) is 6.18 Å². The van der Waals surface area contributed by atoms with Gasteiger partial charge in [-0.25, -0.2) is 0 Å². The highest BCUT2D eigenvalue weighted by Gasteiger charge is 2.29. The van der Waals surface area contributed by atoms with E-state index in [0.717, 1.165) is 23.4 Å². The van der Waals surface area contributed by atoms with Crippen molar-refractivity contribution in [1.29, 1.82) is 0 Å². The van der Waals surface area contributed by atoms with Gasteiger partial charge in [-0.05, 0) is 37.1 Å². The molecule has 0 bridgehead atoms. The summed E-state index contributed by atoms with van der Waals surface area (Å²) in [5.41, 5.74) is 2.19. The average Bonchev–Trinajstić information content (AvgIpc) is 2.52. The summed E-state index contributed by atoms with van der Waals surface area (Å²) in [6, 6.07) is 14.4. The second-order valence-electron chi connectivity index (χ2n) is 4.81. The van der Waals surface area contributed by atoms with E-state index < -0.39 is 11.7 Å². The summed E-state index contributed by atoms with van der Waals surface area (Å²) in [7, 11) is 0. The zero-order valence-electron chi connectivity index (χ0n) is 12.2. The Hall–Kier alpha value is -2.43. The van der Waals surface area contributed by atoms with Gasteiger partial charge in [0.05, 0.1) is 17.0 Å². The monoisotopic (exact) mass is 304 g/mol. The Morgan fingerprint density at radius 3 is 1.64 bits per heavy atom. The first kappa shape index (κ1) is 15.9. The first-order valence-corrected chi connectivity index (χ1v) is 6.70. The second kappa shape index (κ2) is 6.56. The minimum Gasteiger partial charge on any atom is -0.166 e. The Kier molecular flexibility index (Phi) is 4.75. The van der Waals surface area contributed by atoms with Crippen molar-refractivity contribution in [2.24, 2.45) is 10.2 Å². The van der Waals surface area contributed by atoms with Crippen LogP contribution in [-0.4, -0.2) is 11.4 Å². The molecule has 0 heterocycles. The van der Waals surface area contributed by atoms with Crippen LogP contribution in [0.4, 0.5) is 13.2 Å². The van der Waals surface area contributed by atoms with Crippen LogP contribution in [0.3, 0.4) is 0 Å². The topological polar surface area (TPSA) is 24.7 Å². The molecule has 0 radical (unpaired) electrons. The molecule has 0 saturated heterocycles. The number of hydrogen-bond acceptors (Lipinski definition) is 2. The number of rotatable bonds is 3. The highest BCUT2D eigenvalue weighted by Crippen LogP contribution is 2.29. The molecule has 0 unspecified atom stereocenters. The van der Waals surface area contributed by atoms with Gasteiger partial charge in [0, 0.05) is 0 Å². The van der Waals surface area contributed by atoms with E-state index in [1.54, 1.807) is 6.92 Å². The van der Waals surface area contributed by atoms with Crippen molar-refractivity contribution in [2.45, 2.75) is 20.0 Å². The Labute approximate surface area is 127 Å². The molecule has 0 aliphatic heterocycles. The van der Waals surface area contributed by atoms with Crippen LogP contribution in [0.1, 0.15) is 30.5 Å². The zero-order chi connectivity index (χ0) is 16.2. The fraction of sp³-hybridized carbons (Fsp3) is 0.176. The molecule has 0 fully saturated rings. The molecule has 2 aromatic rings. The van der Waals surface area contributed by atoms with Crippen molar-refractivity contribution in [3.63, 3.8) is 0 Å². The van der Waals surface area contributed by atoms with E-state index in [9.17, 15) is 13.2 Å². The molecule has 0 N–H and O–H groups in total. The van der Waals surface area contributed by atoms with Crippen molar-refractivity contribution in [2.75, 3.05) is 0 Å². The van der Waals surface area contributed by atoms with Gasteiger partial charge < -0.3 is 0 Å². The Balaban J connectivity index is 2.19. The molecular weight excluding hydrogens is 289 g/mol. The predicted octanol–water partition coefficient (Wildman–Crippen LogP) is 4.94. The molecule has 114 valence electrons. The summed E-state index contributed by atoms with van der Waals surface area (Å²) in [6.45, 7) is 3.54. The van der Waals surface area contributed by atoms with Crippen LogP contribution < -0.4 is 0 Å². The lowest BCUT2D eigenvalue weighted by molar-refractivity contribution is -0.137. The van der Waals surface area contributed by atoms with Crippen LogP contribution in [0.5, 0.6) is 0 Å². The van der Waals surface area contributed by atoms with Crippen molar-refractivity contribution in [3.05, 3.63) is 71.3 Å². The fourth-order valence-electron chi connectivity index (χ4n) is 1.85. The zero-order valence-corrected chi connectivity index (χ0v) is 12.2. The summed E-state index contributed by atoms with van der Waals surface area (Å²) in [5.74, 6) is 0. The fourth-order valence-corrected chi connectivity index (χ4v) is 1.85. The molecule has 0 aromatic heterocycles. The number of hydrogen-bond donors (Lipinski definition) is 0. The summed E-state index contributed by atoms with van der Waals surface area (Å²) >= 11 is 0. The van der Waals surface area contributed by atoms with Gasteiger partial charge in [-0.3, -0.25) is 0 Å². The number of alkyl halides is 3. The van der Waals surface area contributed by atoms with Gasteiger partial charge in [0.1, 0.15) is 0 Å². The first-order chi connectivity index (χ1) is 10.4. The van der Waals surface area contributed by atoms with E-state index >= 15 is 0 Å². The van der Waals surface area contributed by atoms with Crippen LogP contribution >= 0.6 is 0 Å². The summed E-state index contributed by atoms with van der Waals surface area (Å²) in [5, 5.41) is 8.21. The Morgan fingerprint density at radius 1 is 0.727 bits per heavy atom. The van der Waals surface area contributed by atoms with Gasteiger partial charge in [0.15, 0.2) is 0 Å². The molecule has 0 saturated carbocycles. The maximum atomic E-state index is 12.5. The average molecular weight is 304 g/mol. The van der Waals surface area contributed by atoms with Crippen LogP contribution in [0, 0.1) is 0 Å². The Bertz CT molecular complexity index is 684. The molecule has 0 atom stereocenters. The summed E-state index contributed by atoms with van der Waals surface area (Å²) < 4.78 is 37.5. The molecule has 5 heteroatoms. The number of benzene rings is 2. The lowest BCUT2D eigenvalue weighted by Gasteiger charge is -2.07. The van der Waals surface area contributed by atoms with Gasteiger partial charge >= 0.3 is 6.18 Å². The van der Waals surface area contributed by atoms with E-state index in [4.69, 9.17) is 0 Å². The first-order valence-electron chi connectivity index (χ1n) is 6.70. The van der Waals surface area contributed by atoms with E-state index in [1.807, 2.05) is 37.3 Å². The van der Waals surface area contributed by atoms with Gasteiger partial charge in [0.25, 0.3) is 0 Å². The lowest BCUT2D eigenvalue weighted by Crippen LogP contribution is -2.05. The van der Waals surface area contributed by atoms with Gasteiger partial charge in [-0.15, -0.1) is 0 Å². The standard InChI is InChI=1S/C17H15F3N2/c1-12(14-6-4-3-5-7-14)21-22-13(2)15-8-10-16(11-9-15)17(18,19)20/h3-11H,1-2H3/b21-12+,22-13+. The van der Waals surface area contributed by atoms with E-state index in [-0.39, 0.29) is 0 Å². The molecule has 2 nitrogen and oxygen atoms in total. The normalized spacial score (nSPS) is 13.3. The third kappa shape index (κ3) is 4.04. The third-order valence-corrected chi connectivity index (χ3v) is 3.17. The van der Waals surface area contributed by atoms with Crippen LogP contribution in [0.25, 0.3) is 0 Å². The van der Waals surface area contributed by atoms with Gasteiger partial charge in [0.2, 0.25) is 0 Å². The second-order valence-corrected chi connectivity index (χ2v) is 4.81. The molecule has 0 spiro atoms.